The molecule has 2 aliphatic rings. The quantitative estimate of drug-likeness (QED) is 0.526. The molecule has 0 aromatic heterocycles. The minimum atomic E-state index is -0.484. The number of amides is 1. The van der Waals surface area contributed by atoms with Crippen molar-refractivity contribution in [1.82, 2.24) is 20.0 Å². The second kappa shape index (κ2) is 12.2. The summed E-state index contributed by atoms with van der Waals surface area (Å²) in [5.74, 6) is 1.07. The van der Waals surface area contributed by atoms with Gasteiger partial charge in [0.05, 0.1) is 0 Å². The van der Waals surface area contributed by atoms with Gasteiger partial charge < -0.3 is 25.0 Å². The molecule has 7 heteroatoms. The molecule has 1 aromatic rings. The van der Waals surface area contributed by atoms with E-state index in [9.17, 15) is 9.90 Å². The van der Waals surface area contributed by atoms with Crippen molar-refractivity contribution < 1.29 is 14.6 Å². The number of hydrogen-bond donors (Lipinski definition) is 2. The average molecular weight is 419 g/mol. The Morgan fingerprint density at radius 3 is 2.70 bits per heavy atom. The number of nitrogens with one attached hydrogen (secondary N) is 1. The first-order valence-electron chi connectivity index (χ1n) is 11.5. The van der Waals surface area contributed by atoms with Gasteiger partial charge in [-0.3, -0.25) is 9.69 Å². The molecule has 3 rings (SSSR count). The molecule has 168 valence electrons. The number of rotatable bonds is 11. The van der Waals surface area contributed by atoms with Crippen LogP contribution in [0.3, 0.4) is 0 Å². The third kappa shape index (κ3) is 7.54. The zero-order chi connectivity index (χ0) is 21.2. The first kappa shape index (κ1) is 23.0. The lowest BCUT2D eigenvalue weighted by molar-refractivity contribution is -0.133. The summed E-state index contributed by atoms with van der Waals surface area (Å²) >= 11 is 0. The summed E-state index contributed by atoms with van der Waals surface area (Å²) in [6.45, 7) is 11.6. The lowest BCUT2D eigenvalue weighted by Crippen LogP contribution is -2.49. The standard InChI is InChI=1S/C23H38N4O3/c1-2-25-12-14-26(15-13-25)18-21(28)19-30-22-7-5-6-20(16-22)17-24-9-11-27-10-4-3-8-23(27)29/h5-7,16,21,24,28H,2-4,8-15,17-19H2,1H3/t21-/m1/s1. The van der Waals surface area contributed by atoms with Crippen LogP contribution in [-0.2, 0) is 11.3 Å². The number of likely N-dealkylation sites (N-methyl/N-ethyl adjacent to an activating group) is 1. The highest BCUT2D eigenvalue weighted by molar-refractivity contribution is 5.76. The minimum Gasteiger partial charge on any atom is -0.491 e. The molecular formula is C23H38N4O3. The van der Waals surface area contributed by atoms with Crippen molar-refractivity contribution in [3.63, 3.8) is 0 Å². The Kier molecular flexibility index (Phi) is 9.39. The van der Waals surface area contributed by atoms with Crippen LogP contribution in [0.4, 0.5) is 0 Å². The normalized spacial score (nSPS) is 19.8. The van der Waals surface area contributed by atoms with E-state index in [1.807, 2.05) is 23.1 Å². The van der Waals surface area contributed by atoms with Crippen LogP contribution in [0.5, 0.6) is 5.75 Å². The maximum atomic E-state index is 11.8. The molecule has 0 aliphatic carbocycles. The Morgan fingerprint density at radius 1 is 1.13 bits per heavy atom. The van der Waals surface area contributed by atoms with E-state index in [1.54, 1.807) is 0 Å². The molecule has 1 amide bonds. The minimum absolute atomic E-state index is 0.282. The number of nitrogens with zero attached hydrogens (tertiary/aromatic N) is 3. The van der Waals surface area contributed by atoms with Crippen LogP contribution < -0.4 is 10.1 Å². The van der Waals surface area contributed by atoms with Crippen LogP contribution in [0.2, 0.25) is 0 Å². The van der Waals surface area contributed by atoms with Crippen LogP contribution in [0.25, 0.3) is 0 Å². The number of hydrogen-bond acceptors (Lipinski definition) is 6. The van der Waals surface area contributed by atoms with Gasteiger partial charge in [0.1, 0.15) is 18.5 Å². The van der Waals surface area contributed by atoms with Gasteiger partial charge in [-0.2, -0.15) is 0 Å². The van der Waals surface area contributed by atoms with Crippen LogP contribution >= 0.6 is 0 Å². The summed E-state index contributed by atoms with van der Waals surface area (Å²) in [4.78, 5) is 18.5. The molecule has 0 radical (unpaired) electrons. The third-order valence-corrected chi connectivity index (χ3v) is 6.03. The van der Waals surface area contributed by atoms with E-state index < -0.39 is 6.10 Å². The van der Waals surface area contributed by atoms with Gasteiger partial charge in [-0.05, 0) is 37.1 Å². The summed E-state index contributed by atoms with van der Waals surface area (Å²) in [6, 6.07) is 8.00. The number of carbonyl (C=O) groups is 1. The second-order valence-corrected chi connectivity index (χ2v) is 8.36. The number of aliphatic hydroxyl groups is 1. The Bertz CT molecular complexity index is 649. The number of aliphatic hydroxyl groups excluding tert-OH is 1. The number of piperazine rings is 1. The molecule has 1 atom stereocenters. The number of β-amino-alcohol motifs (C(OH)–C–C–N with tert-alkyl or cyclic N) is 1. The topological polar surface area (TPSA) is 68.3 Å². The SMILES string of the molecule is CCN1CCN(C[C@@H](O)COc2cccc(CNCCN3CCCCC3=O)c2)CC1. The molecule has 7 nitrogen and oxygen atoms in total. The molecule has 30 heavy (non-hydrogen) atoms. The lowest BCUT2D eigenvalue weighted by atomic mass is 10.1. The van der Waals surface area contributed by atoms with Crippen molar-refractivity contribution in [2.45, 2.75) is 38.8 Å². The highest BCUT2D eigenvalue weighted by Crippen LogP contribution is 2.14. The monoisotopic (exact) mass is 418 g/mol. The highest BCUT2D eigenvalue weighted by atomic mass is 16.5. The third-order valence-electron chi connectivity index (χ3n) is 6.03. The summed E-state index contributed by atoms with van der Waals surface area (Å²) in [6.07, 6.45) is 2.35. The molecule has 0 spiro atoms. The fourth-order valence-electron chi connectivity index (χ4n) is 4.12. The molecule has 2 fully saturated rings. The summed E-state index contributed by atoms with van der Waals surface area (Å²) in [7, 11) is 0. The van der Waals surface area contributed by atoms with Gasteiger partial charge in [0.25, 0.3) is 0 Å². The highest BCUT2D eigenvalue weighted by Gasteiger charge is 2.19. The molecule has 0 bridgehead atoms. The number of carbonyl (C=O) groups excluding carboxylic acids is 1. The van der Waals surface area contributed by atoms with Crippen molar-refractivity contribution >= 4 is 5.91 Å². The Labute approximate surface area is 181 Å². The molecular weight excluding hydrogens is 380 g/mol. The second-order valence-electron chi connectivity index (χ2n) is 8.36. The first-order valence-corrected chi connectivity index (χ1v) is 11.5. The summed E-state index contributed by atoms with van der Waals surface area (Å²) in [5, 5.41) is 13.8. The maximum absolute atomic E-state index is 11.8. The molecule has 2 N–H and O–H groups in total. The van der Waals surface area contributed by atoms with Gasteiger partial charge in [-0.1, -0.05) is 19.1 Å². The van der Waals surface area contributed by atoms with E-state index in [2.05, 4.69) is 28.1 Å². The largest absolute Gasteiger partial charge is 0.491 e. The Morgan fingerprint density at radius 2 is 1.93 bits per heavy atom. The maximum Gasteiger partial charge on any atom is 0.222 e. The van der Waals surface area contributed by atoms with Gasteiger partial charge in [0.2, 0.25) is 5.91 Å². The van der Waals surface area contributed by atoms with Crippen molar-refractivity contribution in [3.05, 3.63) is 29.8 Å². The smallest absolute Gasteiger partial charge is 0.222 e. The van der Waals surface area contributed by atoms with Gasteiger partial charge in [0, 0.05) is 65.3 Å². The van der Waals surface area contributed by atoms with Crippen molar-refractivity contribution in [1.29, 1.82) is 0 Å². The molecule has 0 saturated carbocycles. The van der Waals surface area contributed by atoms with Crippen molar-refractivity contribution in [2.75, 3.05) is 65.5 Å². The van der Waals surface area contributed by atoms with E-state index in [4.69, 9.17) is 4.74 Å². The molecule has 2 aliphatic heterocycles. The molecule has 0 unspecified atom stereocenters. The Hall–Kier alpha value is -1.67. The fourth-order valence-corrected chi connectivity index (χ4v) is 4.12. The summed E-state index contributed by atoms with van der Waals surface area (Å²) in [5.41, 5.74) is 1.14. The zero-order valence-electron chi connectivity index (χ0n) is 18.4. The van der Waals surface area contributed by atoms with Gasteiger partial charge >= 0.3 is 0 Å². The molecule has 2 heterocycles. The fraction of sp³-hybridized carbons (Fsp3) is 0.696. The predicted octanol–water partition coefficient (Wildman–Crippen LogP) is 1.17. The lowest BCUT2D eigenvalue weighted by Gasteiger charge is -2.34. The average Bonchev–Trinajstić information content (AvgIpc) is 2.77. The Balaban J connectivity index is 1.33. The van der Waals surface area contributed by atoms with E-state index >= 15 is 0 Å². The molecule has 1 aromatic carbocycles. The van der Waals surface area contributed by atoms with E-state index in [-0.39, 0.29) is 5.91 Å². The van der Waals surface area contributed by atoms with Crippen molar-refractivity contribution in [2.24, 2.45) is 0 Å². The summed E-state index contributed by atoms with van der Waals surface area (Å²) < 4.78 is 5.84. The predicted molar refractivity (Wildman–Crippen MR) is 119 cm³/mol. The van der Waals surface area contributed by atoms with Crippen LogP contribution in [0, 0.1) is 0 Å². The van der Waals surface area contributed by atoms with Crippen LogP contribution in [0.1, 0.15) is 31.7 Å². The van der Waals surface area contributed by atoms with E-state index in [0.29, 0.717) is 19.6 Å². The number of likely N-dealkylation sites (tertiary alicyclic amines) is 1. The van der Waals surface area contributed by atoms with Crippen LogP contribution in [0.15, 0.2) is 24.3 Å². The number of piperidine rings is 1. The van der Waals surface area contributed by atoms with Crippen LogP contribution in [-0.4, -0.2) is 97.3 Å². The van der Waals surface area contributed by atoms with Gasteiger partial charge in [-0.15, -0.1) is 0 Å². The van der Waals surface area contributed by atoms with Crippen molar-refractivity contribution in [3.8, 4) is 5.75 Å². The van der Waals surface area contributed by atoms with Gasteiger partial charge in [0.15, 0.2) is 0 Å². The number of benzene rings is 1. The first-order chi connectivity index (χ1) is 14.6. The van der Waals surface area contributed by atoms with E-state index in [1.165, 1.54) is 0 Å². The van der Waals surface area contributed by atoms with E-state index in [0.717, 1.165) is 83.1 Å². The molecule has 2 saturated heterocycles. The van der Waals surface area contributed by atoms with Gasteiger partial charge in [-0.25, -0.2) is 0 Å². The number of ether oxygens (including phenoxy) is 1. The zero-order valence-corrected chi connectivity index (χ0v) is 18.4.